The van der Waals surface area contributed by atoms with Gasteiger partial charge in [0, 0.05) is 6.20 Å². The molecule has 1 saturated carbocycles. The second-order valence-corrected chi connectivity index (χ2v) is 3.38. The SMILES string of the molecule is Cc1nccc(C2(C(=O)O)CC2)n1. The van der Waals surface area contributed by atoms with Crippen molar-refractivity contribution in [1.82, 2.24) is 9.97 Å². The number of aryl methyl sites for hydroxylation is 1. The number of aliphatic carboxylic acids is 1. The Morgan fingerprint density at radius 2 is 2.31 bits per heavy atom. The van der Waals surface area contributed by atoms with Gasteiger partial charge in [0.25, 0.3) is 0 Å². The number of rotatable bonds is 2. The molecule has 1 aromatic rings. The standard InChI is InChI=1S/C9H10N2O2/c1-6-10-5-2-7(11-6)9(3-4-9)8(12)13/h2,5H,3-4H2,1H3,(H,12,13). The molecule has 13 heavy (non-hydrogen) atoms. The molecule has 0 aromatic carbocycles. The summed E-state index contributed by atoms with van der Waals surface area (Å²) < 4.78 is 0. The molecular formula is C9H10N2O2. The fraction of sp³-hybridized carbons (Fsp3) is 0.444. The van der Waals surface area contributed by atoms with E-state index in [0.29, 0.717) is 24.4 Å². The molecule has 68 valence electrons. The molecule has 4 nitrogen and oxygen atoms in total. The summed E-state index contributed by atoms with van der Waals surface area (Å²) in [6, 6.07) is 1.69. The fourth-order valence-electron chi connectivity index (χ4n) is 1.43. The van der Waals surface area contributed by atoms with Crippen molar-refractivity contribution < 1.29 is 9.90 Å². The van der Waals surface area contributed by atoms with E-state index < -0.39 is 11.4 Å². The number of carboxylic acids is 1. The van der Waals surface area contributed by atoms with Gasteiger partial charge in [0.2, 0.25) is 0 Å². The average molecular weight is 178 g/mol. The summed E-state index contributed by atoms with van der Waals surface area (Å²) in [6.45, 7) is 1.77. The fourth-order valence-corrected chi connectivity index (χ4v) is 1.43. The van der Waals surface area contributed by atoms with Crippen LogP contribution in [0.25, 0.3) is 0 Å². The van der Waals surface area contributed by atoms with E-state index in [2.05, 4.69) is 9.97 Å². The molecule has 1 heterocycles. The van der Waals surface area contributed by atoms with Crippen LogP contribution < -0.4 is 0 Å². The van der Waals surface area contributed by atoms with Crippen LogP contribution in [0.3, 0.4) is 0 Å². The molecule has 1 fully saturated rings. The molecule has 0 atom stereocenters. The molecule has 0 radical (unpaired) electrons. The molecular weight excluding hydrogens is 168 g/mol. The van der Waals surface area contributed by atoms with Gasteiger partial charge in [0.15, 0.2) is 0 Å². The van der Waals surface area contributed by atoms with Gasteiger partial charge in [-0.3, -0.25) is 4.79 Å². The van der Waals surface area contributed by atoms with Gasteiger partial charge in [-0.25, -0.2) is 9.97 Å². The average Bonchev–Trinajstić information content (AvgIpc) is 2.83. The van der Waals surface area contributed by atoms with E-state index in [1.54, 1.807) is 19.2 Å². The Morgan fingerprint density at radius 3 is 2.77 bits per heavy atom. The molecule has 0 saturated heterocycles. The van der Waals surface area contributed by atoms with Gasteiger partial charge in [-0.2, -0.15) is 0 Å². The third-order valence-electron chi connectivity index (χ3n) is 2.43. The molecule has 0 aliphatic heterocycles. The predicted octanol–water partition coefficient (Wildman–Crippen LogP) is 0.901. The van der Waals surface area contributed by atoms with Crippen molar-refractivity contribution in [3.8, 4) is 0 Å². The molecule has 1 aliphatic rings. The lowest BCUT2D eigenvalue weighted by Crippen LogP contribution is -2.21. The van der Waals surface area contributed by atoms with Crippen LogP contribution in [0.5, 0.6) is 0 Å². The number of carboxylic acid groups (broad SMARTS) is 1. The summed E-state index contributed by atoms with van der Waals surface area (Å²) in [5.41, 5.74) is -0.0549. The first-order valence-electron chi connectivity index (χ1n) is 4.19. The van der Waals surface area contributed by atoms with E-state index in [0.717, 1.165) is 0 Å². The van der Waals surface area contributed by atoms with Gasteiger partial charge in [-0.15, -0.1) is 0 Å². The second kappa shape index (κ2) is 2.52. The number of nitrogens with zero attached hydrogens (tertiary/aromatic N) is 2. The molecule has 0 bridgehead atoms. The van der Waals surface area contributed by atoms with E-state index in [1.165, 1.54) is 0 Å². The van der Waals surface area contributed by atoms with Crippen LogP contribution in [0.2, 0.25) is 0 Å². The number of aromatic nitrogens is 2. The summed E-state index contributed by atoms with van der Waals surface area (Å²) in [5, 5.41) is 8.99. The first-order valence-corrected chi connectivity index (χ1v) is 4.19. The van der Waals surface area contributed by atoms with Crippen molar-refractivity contribution in [2.24, 2.45) is 0 Å². The predicted molar refractivity (Wildman–Crippen MR) is 45.3 cm³/mol. The minimum Gasteiger partial charge on any atom is -0.481 e. The molecule has 1 N–H and O–H groups in total. The van der Waals surface area contributed by atoms with Crippen molar-refractivity contribution >= 4 is 5.97 Å². The van der Waals surface area contributed by atoms with Crippen molar-refractivity contribution in [2.75, 3.05) is 0 Å². The minimum absolute atomic E-state index is 0.630. The topological polar surface area (TPSA) is 63.1 Å². The van der Waals surface area contributed by atoms with E-state index in [1.807, 2.05) is 0 Å². The third kappa shape index (κ3) is 1.18. The lowest BCUT2D eigenvalue weighted by molar-refractivity contribution is -0.140. The molecule has 1 aliphatic carbocycles. The van der Waals surface area contributed by atoms with Gasteiger partial charge >= 0.3 is 5.97 Å². The maximum atomic E-state index is 10.9. The van der Waals surface area contributed by atoms with E-state index in [9.17, 15) is 4.79 Å². The van der Waals surface area contributed by atoms with Gasteiger partial charge in [0.05, 0.1) is 5.69 Å². The Labute approximate surface area is 75.6 Å². The van der Waals surface area contributed by atoms with Crippen molar-refractivity contribution in [2.45, 2.75) is 25.2 Å². The van der Waals surface area contributed by atoms with Crippen LogP contribution >= 0.6 is 0 Å². The maximum absolute atomic E-state index is 10.9. The highest BCUT2D eigenvalue weighted by molar-refractivity contribution is 5.84. The number of hydrogen-bond donors (Lipinski definition) is 1. The Balaban J connectivity index is 2.41. The molecule has 2 rings (SSSR count). The van der Waals surface area contributed by atoms with Crippen LogP contribution in [0, 0.1) is 6.92 Å². The summed E-state index contributed by atoms with van der Waals surface area (Å²) >= 11 is 0. The van der Waals surface area contributed by atoms with E-state index in [4.69, 9.17) is 5.11 Å². The highest BCUT2D eigenvalue weighted by atomic mass is 16.4. The summed E-state index contributed by atoms with van der Waals surface area (Å²) in [4.78, 5) is 19.0. The minimum atomic E-state index is -0.773. The van der Waals surface area contributed by atoms with Gasteiger partial charge < -0.3 is 5.11 Å². The van der Waals surface area contributed by atoms with Crippen LogP contribution in [0.15, 0.2) is 12.3 Å². The largest absolute Gasteiger partial charge is 0.481 e. The molecule has 0 amide bonds. The zero-order valence-electron chi connectivity index (χ0n) is 7.32. The van der Waals surface area contributed by atoms with Gasteiger partial charge in [-0.1, -0.05) is 0 Å². The molecule has 1 aromatic heterocycles. The summed E-state index contributed by atoms with van der Waals surface area (Å²) in [5.74, 6) is -0.143. The van der Waals surface area contributed by atoms with Crippen molar-refractivity contribution in [1.29, 1.82) is 0 Å². The highest BCUT2D eigenvalue weighted by Crippen LogP contribution is 2.47. The van der Waals surface area contributed by atoms with E-state index in [-0.39, 0.29) is 0 Å². The van der Waals surface area contributed by atoms with Crippen molar-refractivity contribution in [3.05, 3.63) is 23.8 Å². The van der Waals surface area contributed by atoms with Gasteiger partial charge in [0.1, 0.15) is 11.2 Å². The van der Waals surface area contributed by atoms with Crippen LogP contribution in [0.1, 0.15) is 24.4 Å². The summed E-state index contributed by atoms with van der Waals surface area (Å²) in [6.07, 6.45) is 3.00. The molecule has 0 unspecified atom stereocenters. The monoisotopic (exact) mass is 178 g/mol. The Hall–Kier alpha value is -1.45. The quantitative estimate of drug-likeness (QED) is 0.730. The summed E-state index contributed by atoms with van der Waals surface area (Å²) in [7, 11) is 0. The Morgan fingerprint density at radius 1 is 1.62 bits per heavy atom. The highest BCUT2D eigenvalue weighted by Gasteiger charge is 2.53. The first-order chi connectivity index (χ1) is 6.15. The first kappa shape index (κ1) is 8.16. The molecule has 4 heteroatoms. The Kier molecular flexibility index (Phi) is 1.58. The van der Waals surface area contributed by atoms with Gasteiger partial charge in [-0.05, 0) is 25.8 Å². The molecule has 0 spiro atoms. The maximum Gasteiger partial charge on any atom is 0.315 e. The van der Waals surface area contributed by atoms with Crippen LogP contribution in [-0.4, -0.2) is 21.0 Å². The number of hydrogen-bond acceptors (Lipinski definition) is 3. The second-order valence-electron chi connectivity index (χ2n) is 3.38. The lowest BCUT2D eigenvalue weighted by Gasteiger charge is -2.08. The normalized spacial score (nSPS) is 18.2. The van der Waals surface area contributed by atoms with Crippen LogP contribution in [0.4, 0.5) is 0 Å². The van der Waals surface area contributed by atoms with Crippen LogP contribution in [-0.2, 0) is 10.2 Å². The smallest absolute Gasteiger partial charge is 0.315 e. The third-order valence-corrected chi connectivity index (χ3v) is 2.43. The van der Waals surface area contributed by atoms with E-state index >= 15 is 0 Å². The van der Waals surface area contributed by atoms with Crippen molar-refractivity contribution in [3.63, 3.8) is 0 Å². The number of carbonyl (C=O) groups is 1. The lowest BCUT2D eigenvalue weighted by atomic mass is 10.0. The Bertz CT molecular complexity index is 358. The zero-order chi connectivity index (χ0) is 9.47. The zero-order valence-corrected chi connectivity index (χ0v) is 7.32.